The Balaban J connectivity index is 1.94. The van der Waals surface area contributed by atoms with Crippen LogP contribution in [-0.4, -0.2) is 49.9 Å². The van der Waals surface area contributed by atoms with Crippen molar-refractivity contribution in [1.82, 2.24) is 4.90 Å². The molecule has 0 spiro atoms. The maximum atomic E-state index is 12.6. The molecule has 0 aliphatic carbocycles. The highest BCUT2D eigenvalue weighted by atomic mass is 32.2. The summed E-state index contributed by atoms with van der Waals surface area (Å²) in [6.07, 6.45) is 2.69. The van der Waals surface area contributed by atoms with Crippen LogP contribution in [0.2, 0.25) is 0 Å². The number of aryl methyl sites for hydroxylation is 1. The molecule has 6 heteroatoms. The topological polar surface area (TPSA) is 63.7 Å². The monoisotopic (exact) mass is 367 g/mol. The maximum Gasteiger partial charge on any atom is 0.226 e. The second-order valence-electron chi connectivity index (χ2n) is 6.79. The van der Waals surface area contributed by atoms with Crippen LogP contribution in [0.5, 0.6) is 5.75 Å². The van der Waals surface area contributed by atoms with Crippen molar-refractivity contribution < 1.29 is 17.9 Å². The molecule has 1 aromatic rings. The van der Waals surface area contributed by atoms with Crippen molar-refractivity contribution in [2.45, 2.75) is 52.5 Å². The predicted octanol–water partition coefficient (Wildman–Crippen LogP) is 2.89. The molecular weight excluding hydrogens is 338 g/mol. The minimum Gasteiger partial charge on any atom is -0.493 e. The zero-order valence-corrected chi connectivity index (χ0v) is 16.3. The van der Waals surface area contributed by atoms with E-state index < -0.39 is 9.84 Å². The summed E-state index contributed by atoms with van der Waals surface area (Å²) in [7, 11) is -3.00. The van der Waals surface area contributed by atoms with Gasteiger partial charge in [-0.05, 0) is 43.9 Å². The van der Waals surface area contributed by atoms with Gasteiger partial charge in [0.05, 0.1) is 24.5 Å². The molecule has 25 heavy (non-hydrogen) atoms. The largest absolute Gasteiger partial charge is 0.493 e. The van der Waals surface area contributed by atoms with E-state index >= 15 is 0 Å². The molecular formula is C19H29NO4S. The Morgan fingerprint density at radius 3 is 2.72 bits per heavy atom. The number of unbranched alkanes of at least 4 members (excludes halogenated alkanes) is 1. The number of ether oxygens (including phenoxy) is 1. The van der Waals surface area contributed by atoms with Crippen LogP contribution in [0, 0.1) is 13.8 Å². The summed E-state index contributed by atoms with van der Waals surface area (Å²) < 4.78 is 29.3. The average Bonchev–Trinajstić information content (AvgIpc) is 2.91. The summed E-state index contributed by atoms with van der Waals surface area (Å²) >= 11 is 0. The third-order valence-corrected chi connectivity index (χ3v) is 6.60. The summed E-state index contributed by atoms with van der Waals surface area (Å²) in [5.74, 6) is 1.07. The summed E-state index contributed by atoms with van der Waals surface area (Å²) in [6, 6.07) is 5.70. The molecule has 1 unspecified atom stereocenters. The van der Waals surface area contributed by atoms with Crippen LogP contribution >= 0.6 is 0 Å². The lowest BCUT2D eigenvalue weighted by atomic mass is 10.1. The molecule has 0 radical (unpaired) electrons. The number of nitrogens with zero attached hydrogens (tertiary/aromatic N) is 1. The quantitative estimate of drug-likeness (QED) is 0.709. The molecule has 1 aliphatic rings. The molecule has 1 heterocycles. The standard InChI is InChI=1S/C19H29NO4S/c1-4-5-11-20(17-10-13-25(22,23)14-17)19(21)9-12-24-18-8-6-7-15(2)16(18)3/h6-8,17H,4-5,9-14H2,1-3H3. The van der Waals surface area contributed by atoms with Crippen LogP contribution in [0.3, 0.4) is 0 Å². The Morgan fingerprint density at radius 2 is 2.08 bits per heavy atom. The number of hydrogen-bond donors (Lipinski definition) is 0. The molecule has 1 atom stereocenters. The molecule has 140 valence electrons. The minimum atomic E-state index is -3.00. The number of carbonyl (C=O) groups excluding carboxylic acids is 1. The molecule has 1 saturated heterocycles. The van der Waals surface area contributed by atoms with Crippen LogP contribution in [-0.2, 0) is 14.6 Å². The average molecular weight is 368 g/mol. The smallest absolute Gasteiger partial charge is 0.226 e. The SMILES string of the molecule is CCCCN(C(=O)CCOc1cccc(C)c1C)C1CCS(=O)(=O)C1. The van der Waals surface area contributed by atoms with Crippen LogP contribution in [0.1, 0.15) is 43.7 Å². The van der Waals surface area contributed by atoms with Gasteiger partial charge in [-0.1, -0.05) is 25.5 Å². The number of carbonyl (C=O) groups is 1. The Morgan fingerprint density at radius 1 is 1.32 bits per heavy atom. The summed E-state index contributed by atoms with van der Waals surface area (Å²) in [4.78, 5) is 14.4. The van der Waals surface area contributed by atoms with E-state index in [0.717, 1.165) is 29.7 Å². The van der Waals surface area contributed by atoms with Crippen LogP contribution < -0.4 is 4.74 Å². The third-order valence-electron chi connectivity index (χ3n) is 4.85. The molecule has 5 nitrogen and oxygen atoms in total. The van der Waals surface area contributed by atoms with Gasteiger partial charge < -0.3 is 9.64 Å². The molecule has 0 N–H and O–H groups in total. The lowest BCUT2D eigenvalue weighted by molar-refractivity contribution is -0.133. The Kier molecular flexibility index (Phi) is 6.87. The molecule has 0 saturated carbocycles. The van der Waals surface area contributed by atoms with Crippen molar-refractivity contribution >= 4 is 15.7 Å². The molecule has 1 aliphatic heterocycles. The van der Waals surface area contributed by atoms with Gasteiger partial charge in [0, 0.05) is 12.6 Å². The van der Waals surface area contributed by atoms with Gasteiger partial charge in [0.2, 0.25) is 5.91 Å². The second-order valence-corrected chi connectivity index (χ2v) is 9.02. The predicted molar refractivity (Wildman–Crippen MR) is 99.7 cm³/mol. The highest BCUT2D eigenvalue weighted by molar-refractivity contribution is 7.91. The summed E-state index contributed by atoms with van der Waals surface area (Å²) in [5.41, 5.74) is 2.24. The van der Waals surface area contributed by atoms with E-state index in [0.29, 0.717) is 19.6 Å². The van der Waals surface area contributed by atoms with Crippen molar-refractivity contribution in [3.8, 4) is 5.75 Å². The highest BCUT2D eigenvalue weighted by Gasteiger charge is 2.34. The third kappa shape index (κ3) is 5.46. The molecule has 2 rings (SSSR count). The van der Waals surface area contributed by atoms with Gasteiger partial charge in [-0.3, -0.25) is 4.79 Å². The Labute approximate surface area is 151 Å². The molecule has 1 fully saturated rings. The number of hydrogen-bond acceptors (Lipinski definition) is 4. The van der Waals surface area contributed by atoms with Crippen molar-refractivity contribution in [2.75, 3.05) is 24.7 Å². The lowest BCUT2D eigenvalue weighted by Gasteiger charge is -2.28. The van der Waals surface area contributed by atoms with Crippen molar-refractivity contribution in [3.63, 3.8) is 0 Å². The zero-order valence-electron chi connectivity index (χ0n) is 15.5. The molecule has 0 aromatic heterocycles. The van der Waals surface area contributed by atoms with Gasteiger partial charge in [0.25, 0.3) is 0 Å². The van der Waals surface area contributed by atoms with Crippen LogP contribution in [0.25, 0.3) is 0 Å². The summed E-state index contributed by atoms with van der Waals surface area (Å²) in [6.45, 7) is 7.03. The number of amides is 1. The molecule has 1 amide bonds. The normalized spacial score (nSPS) is 18.9. The number of rotatable bonds is 8. The highest BCUT2D eigenvalue weighted by Crippen LogP contribution is 2.22. The Hall–Kier alpha value is -1.56. The first kappa shape index (κ1) is 19.8. The number of benzene rings is 1. The van der Waals surface area contributed by atoms with Gasteiger partial charge >= 0.3 is 0 Å². The van der Waals surface area contributed by atoms with Crippen LogP contribution in [0.4, 0.5) is 0 Å². The fourth-order valence-electron chi connectivity index (χ4n) is 3.13. The molecule has 0 bridgehead atoms. The first-order chi connectivity index (χ1) is 11.8. The fraction of sp³-hybridized carbons (Fsp3) is 0.632. The number of sulfone groups is 1. The minimum absolute atomic E-state index is 0.0131. The second kappa shape index (κ2) is 8.70. The van der Waals surface area contributed by atoms with E-state index in [9.17, 15) is 13.2 Å². The fourth-order valence-corrected chi connectivity index (χ4v) is 4.86. The van der Waals surface area contributed by atoms with Crippen molar-refractivity contribution in [2.24, 2.45) is 0 Å². The van der Waals surface area contributed by atoms with Crippen LogP contribution in [0.15, 0.2) is 18.2 Å². The van der Waals surface area contributed by atoms with E-state index in [2.05, 4.69) is 6.92 Å². The van der Waals surface area contributed by atoms with Gasteiger partial charge in [-0.2, -0.15) is 0 Å². The van der Waals surface area contributed by atoms with E-state index in [1.165, 1.54) is 0 Å². The van der Waals surface area contributed by atoms with Gasteiger partial charge in [0.1, 0.15) is 5.75 Å². The molecule has 1 aromatic carbocycles. The van der Waals surface area contributed by atoms with E-state index in [1.807, 2.05) is 32.0 Å². The zero-order chi connectivity index (χ0) is 18.4. The van der Waals surface area contributed by atoms with Gasteiger partial charge in [-0.25, -0.2) is 8.42 Å². The van der Waals surface area contributed by atoms with Gasteiger partial charge in [-0.15, -0.1) is 0 Å². The maximum absolute atomic E-state index is 12.6. The van der Waals surface area contributed by atoms with Gasteiger partial charge in [0.15, 0.2) is 9.84 Å². The van der Waals surface area contributed by atoms with E-state index in [-0.39, 0.29) is 29.9 Å². The van der Waals surface area contributed by atoms with E-state index in [1.54, 1.807) is 4.90 Å². The van der Waals surface area contributed by atoms with Crippen molar-refractivity contribution in [3.05, 3.63) is 29.3 Å². The Bertz CT molecular complexity index is 699. The summed E-state index contributed by atoms with van der Waals surface area (Å²) in [5, 5.41) is 0. The first-order valence-corrected chi connectivity index (χ1v) is 10.8. The first-order valence-electron chi connectivity index (χ1n) is 9.03. The lowest BCUT2D eigenvalue weighted by Crippen LogP contribution is -2.42. The van der Waals surface area contributed by atoms with E-state index in [4.69, 9.17) is 4.74 Å². The van der Waals surface area contributed by atoms with Crippen molar-refractivity contribution in [1.29, 1.82) is 0 Å².